The Hall–Kier alpha value is -5.25. The van der Waals surface area contributed by atoms with E-state index >= 15 is 4.39 Å². The molecule has 1 fully saturated rings. The molecule has 0 aliphatic carbocycles. The van der Waals surface area contributed by atoms with Gasteiger partial charge in [-0.05, 0) is 60.2 Å². The second-order valence-corrected chi connectivity index (χ2v) is 10.3. The van der Waals surface area contributed by atoms with Crippen LogP contribution < -0.4 is 21.7 Å². The number of H-pyrrole nitrogens is 1. The van der Waals surface area contributed by atoms with Crippen molar-refractivity contribution in [3.05, 3.63) is 101 Å². The molecule has 0 saturated carbocycles. The topological polar surface area (TPSA) is 143 Å². The fourth-order valence-electron chi connectivity index (χ4n) is 5.51. The molecular weight excluding hydrogens is 533 g/mol. The lowest BCUT2D eigenvalue weighted by atomic mass is 9.98. The molecule has 10 heteroatoms. The van der Waals surface area contributed by atoms with E-state index < -0.39 is 17.8 Å². The summed E-state index contributed by atoms with van der Waals surface area (Å²) >= 11 is 0. The Labute approximate surface area is 241 Å². The lowest BCUT2D eigenvalue weighted by Gasteiger charge is -2.24. The summed E-state index contributed by atoms with van der Waals surface area (Å²) in [6.45, 7) is 2.46. The van der Waals surface area contributed by atoms with Crippen molar-refractivity contribution >= 4 is 39.8 Å². The summed E-state index contributed by atoms with van der Waals surface area (Å²) in [5.41, 5.74) is 15.4. The van der Waals surface area contributed by atoms with Gasteiger partial charge in [0.05, 0.1) is 17.6 Å². The average molecular weight is 564 g/mol. The zero-order valence-corrected chi connectivity index (χ0v) is 23.0. The fourth-order valence-corrected chi connectivity index (χ4v) is 5.51. The number of anilines is 3. The van der Waals surface area contributed by atoms with E-state index in [9.17, 15) is 9.59 Å². The number of pyridine rings is 1. The van der Waals surface area contributed by atoms with Crippen molar-refractivity contribution in [3.63, 3.8) is 0 Å². The number of halogens is 1. The van der Waals surface area contributed by atoms with Gasteiger partial charge in [-0.1, -0.05) is 31.2 Å². The zero-order chi connectivity index (χ0) is 29.4. The molecule has 1 aliphatic rings. The van der Waals surface area contributed by atoms with Gasteiger partial charge in [-0.25, -0.2) is 14.4 Å². The van der Waals surface area contributed by atoms with Gasteiger partial charge in [0.1, 0.15) is 17.7 Å². The number of aromatic amines is 1. The van der Waals surface area contributed by atoms with Crippen LogP contribution in [0.25, 0.3) is 22.0 Å². The first kappa shape index (κ1) is 26.9. The molecule has 212 valence electrons. The summed E-state index contributed by atoms with van der Waals surface area (Å²) in [5, 5.41) is 5.13. The third-order valence-electron chi connectivity index (χ3n) is 7.68. The molecule has 42 heavy (non-hydrogen) atoms. The van der Waals surface area contributed by atoms with Crippen molar-refractivity contribution in [2.75, 3.05) is 22.5 Å². The van der Waals surface area contributed by atoms with E-state index in [-0.39, 0.29) is 11.6 Å². The molecule has 5 aromatic rings. The molecule has 2 amide bonds. The highest BCUT2D eigenvalue weighted by atomic mass is 19.1. The molecule has 1 atom stereocenters. The summed E-state index contributed by atoms with van der Waals surface area (Å²) in [6.07, 6.45) is 4.96. The van der Waals surface area contributed by atoms with Gasteiger partial charge in [0.15, 0.2) is 5.82 Å². The van der Waals surface area contributed by atoms with Crippen molar-refractivity contribution in [1.82, 2.24) is 15.0 Å². The van der Waals surface area contributed by atoms with Crippen LogP contribution >= 0.6 is 0 Å². The van der Waals surface area contributed by atoms with E-state index in [1.165, 1.54) is 4.90 Å². The number of amides is 2. The Morgan fingerprint density at radius 3 is 2.74 bits per heavy atom. The van der Waals surface area contributed by atoms with Crippen molar-refractivity contribution in [2.45, 2.75) is 32.2 Å². The minimum Gasteiger partial charge on any atom is -0.383 e. The van der Waals surface area contributed by atoms with Crippen molar-refractivity contribution in [2.24, 2.45) is 5.73 Å². The maximum Gasteiger partial charge on any atom is 0.249 e. The van der Waals surface area contributed by atoms with E-state index in [0.29, 0.717) is 65.5 Å². The number of primary amides is 1. The first-order chi connectivity index (χ1) is 20.3. The van der Waals surface area contributed by atoms with Gasteiger partial charge in [-0.2, -0.15) is 0 Å². The lowest BCUT2D eigenvalue weighted by Crippen LogP contribution is -2.26. The Morgan fingerprint density at radius 1 is 1.14 bits per heavy atom. The molecule has 9 nitrogen and oxygen atoms in total. The second kappa shape index (κ2) is 11.0. The van der Waals surface area contributed by atoms with E-state index in [1.54, 1.807) is 48.8 Å². The minimum atomic E-state index is -0.779. The SMILES string of the molecule is CCc1cc(C(Nc2ccc3c(N)nccc3c2)c2ncc(-c3ccccc3C(N)=O)[nH]2)c(F)c(N2CCCC2=O)c1. The number of aromatic nitrogens is 3. The molecule has 1 aliphatic heterocycles. The van der Waals surface area contributed by atoms with E-state index in [4.69, 9.17) is 11.5 Å². The van der Waals surface area contributed by atoms with Crippen molar-refractivity contribution in [1.29, 1.82) is 0 Å². The maximum atomic E-state index is 16.5. The van der Waals surface area contributed by atoms with E-state index in [2.05, 4.69) is 20.3 Å². The van der Waals surface area contributed by atoms with Gasteiger partial charge in [-0.3, -0.25) is 9.59 Å². The molecule has 0 spiro atoms. The molecule has 1 unspecified atom stereocenters. The predicted molar refractivity (Wildman–Crippen MR) is 162 cm³/mol. The highest BCUT2D eigenvalue weighted by Crippen LogP contribution is 2.36. The minimum absolute atomic E-state index is 0.0957. The van der Waals surface area contributed by atoms with Crippen LogP contribution in [0, 0.1) is 5.82 Å². The van der Waals surface area contributed by atoms with E-state index in [0.717, 1.165) is 16.3 Å². The monoisotopic (exact) mass is 563 g/mol. The zero-order valence-electron chi connectivity index (χ0n) is 23.0. The quantitative estimate of drug-likeness (QED) is 0.201. The highest BCUT2D eigenvalue weighted by Gasteiger charge is 2.30. The number of nitrogens with two attached hydrogens (primary N) is 2. The first-order valence-electron chi connectivity index (χ1n) is 13.8. The number of fused-ring (bicyclic) bond motifs is 1. The number of nitrogens with one attached hydrogen (secondary N) is 2. The number of aryl methyl sites for hydroxylation is 1. The van der Waals surface area contributed by atoms with Crippen LogP contribution in [-0.2, 0) is 11.2 Å². The number of benzene rings is 3. The summed E-state index contributed by atoms with van der Waals surface area (Å²) in [6, 6.07) is 17.2. The van der Waals surface area contributed by atoms with E-state index in [1.807, 2.05) is 31.2 Å². The van der Waals surface area contributed by atoms with Crippen LogP contribution in [0.2, 0.25) is 0 Å². The summed E-state index contributed by atoms with van der Waals surface area (Å²) in [4.78, 5) is 38.4. The van der Waals surface area contributed by atoms with Gasteiger partial charge in [0.25, 0.3) is 0 Å². The third kappa shape index (κ3) is 4.91. The molecule has 6 N–H and O–H groups in total. The van der Waals surface area contributed by atoms with Crippen LogP contribution in [0.5, 0.6) is 0 Å². The standard InChI is InChI=1S/C32H30FN7O2/c1-2-18-14-24(28(33)26(15-18)40-13-5-8-27(40)41)29(38-20-9-10-21-19(16-20)11-12-36-30(21)34)32-37-17-25(39-32)22-6-3-4-7-23(22)31(35)42/h3-4,6-7,9-12,14-17,29,38H,2,5,8,13H2,1H3,(H2,34,36)(H2,35,42)(H,37,39). The summed E-state index contributed by atoms with van der Waals surface area (Å²) in [7, 11) is 0. The number of hydrogen-bond acceptors (Lipinski definition) is 6. The summed E-state index contributed by atoms with van der Waals surface area (Å²) in [5.74, 6) is -0.320. The Morgan fingerprint density at radius 2 is 1.98 bits per heavy atom. The van der Waals surface area contributed by atoms with Gasteiger partial charge >= 0.3 is 0 Å². The van der Waals surface area contributed by atoms with Crippen LogP contribution in [0.3, 0.4) is 0 Å². The average Bonchev–Trinajstić information content (AvgIpc) is 3.66. The second-order valence-electron chi connectivity index (χ2n) is 10.3. The van der Waals surface area contributed by atoms with Crippen LogP contribution in [0.15, 0.2) is 73.1 Å². The number of nitrogens with zero attached hydrogens (tertiary/aromatic N) is 3. The number of carbonyl (C=O) groups is 2. The highest BCUT2D eigenvalue weighted by molar-refractivity contribution is 5.99. The molecule has 0 radical (unpaired) electrons. The summed E-state index contributed by atoms with van der Waals surface area (Å²) < 4.78 is 16.5. The Balaban J connectivity index is 1.50. The Bertz CT molecular complexity index is 1830. The molecule has 1 saturated heterocycles. The smallest absolute Gasteiger partial charge is 0.249 e. The number of imidazole rings is 1. The number of carbonyl (C=O) groups excluding carboxylic acids is 2. The number of hydrogen-bond donors (Lipinski definition) is 4. The Kier molecular flexibility index (Phi) is 7.03. The van der Waals surface area contributed by atoms with Gasteiger partial charge in [0, 0.05) is 46.9 Å². The molecule has 3 heterocycles. The van der Waals surface area contributed by atoms with Crippen LogP contribution in [-0.4, -0.2) is 33.3 Å². The van der Waals surface area contributed by atoms with Crippen molar-refractivity contribution < 1.29 is 14.0 Å². The molecule has 2 aromatic heterocycles. The number of rotatable bonds is 8. The lowest BCUT2D eigenvalue weighted by molar-refractivity contribution is -0.117. The third-order valence-corrected chi connectivity index (χ3v) is 7.68. The molecule has 6 rings (SSSR count). The molecular formula is C32H30FN7O2. The van der Waals surface area contributed by atoms with Gasteiger partial charge in [-0.15, -0.1) is 0 Å². The first-order valence-corrected chi connectivity index (χ1v) is 13.8. The van der Waals surface area contributed by atoms with Crippen LogP contribution in [0.1, 0.15) is 53.1 Å². The maximum absolute atomic E-state index is 16.5. The van der Waals surface area contributed by atoms with Crippen molar-refractivity contribution in [3.8, 4) is 11.3 Å². The number of nitrogen functional groups attached to an aromatic ring is 1. The normalized spacial score (nSPS) is 14.0. The fraction of sp³-hybridized carbons (Fsp3) is 0.188. The largest absolute Gasteiger partial charge is 0.383 e. The molecule has 0 bridgehead atoms. The molecule has 3 aromatic carbocycles. The predicted octanol–water partition coefficient (Wildman–Crippen LogP) is 5.34. The van der Waals surface area contributed by atoms with Gasteiger partial charge in [0.2, 0.25) is 11.8 Å². The van der Waals surface area contributed by atoms with Crippen LogP contribution in [0.4, 0.5) is 21.6 Å². The van der Waals surface area contributed by atoms with Gasteiger partial charge < -0.3 is 26.7 Å².